The minimum absolute atomic E-state index is 0.137. The molecule has 246 valence electrons. The summed E-state index contributed by atoms with van der Waals surface area (Å²) < 4.78 is 8.62. The summed E-state index contributed by atoms with van der Waals surface area (Å²) in [4.78, 5) is 30.8. The van der Waals surface area contributed by atoms with Crippen molar-refractivity contribution in [1.82, 2.24) is 20.2 Å². The van der Waals surface area contributed by atoms with E-state index < -0.39 is 8.07 Å². The number of carbonyl (C=O) groups excluding carboxylic acids is 2. The summed E-state index contributed by atoms with van der Waals surface area (Å²) in [6, 6.07) is 8.79. The highest BCUT2D eigenvalue weighted by Gasteiger charge is 2.57. The molecule has 45 heavy (non-hydrogen) atoms. The highest BCUT2D eigenvalue weighted by Crippen LogP contribution is 2.61. The van der Waals surface area contributed by atoms with E-state index in [2.05, 4.69) is 53.0 Å². The molecular weight excluding hydrogens is 577 g/mol. The fourth-order valence-corrected chi connectivity index (χ4v) is 9.00. The molecule has 8 heteroatoms. The second-order valence-electron chi connectivity index (χ2n) is 15.7. The lowest BCUT2D eigenvalue weighted by Crippen LogP contribution is -2.34. The first kappa shape index (κ1) is 32.6. The van der Waals surface area contributed by atoms with Crippen LogP contribution in [0.15, 0.2) is 24.4 Å². The average molecular weight is 633 g/mol. The molecule has 4 aliphatic rings. The number of amides is 1. The lowest BCUT2D eigenvalue weighted by atomic mass is 9.84. The van der Waals surface area contributed by atoms with Gasteiger partial charge in [0.2, 0.25) is 5.91 Å². The highest BCUT2D eigenvalue weighted by molar-refractivity contribution is 6.76. The van der Waals surface area contributed by atoms with Crippen molar-refractivity contribution < 1.29 is 14.3 Å². The molecule has 2 bridgehead atoms. The number of ether oxygens (including phenoxy) is 1. The first-order valence-electron chi connectivity index (χ1n) is 18.0. The van der Waals surface area contributed by atoms with Gasteiger partial charge in [0.25, 0.3) is 0 Å². The van der Waals surface area contributed by atoms with Gasteiger partial charge >= 0.3 is 0 Å². The number of hydrogen-bond donors (Lipinski definition) is 2. The number of ketones is 1. The molecule has 1 amide bonds. The first-order chi connectivity index (χ1) is 21.7. The predicted octanol–water partition coefficient (Wildman–Crippen LogP) is 8.40. The van der Waals surface area contributed by atoms with E-state index in [1.807, 2.05) is 13.1 Å². The summed E-state index contributed by atoms with van der Waals surface area (Å²) in [5.41, 5.74) is 5.34. The van der Waals surface area contributed by atoms with Gasteiger partial charge in [-0.1, -0.05) is 70.8 Å². The molecule has 1 saturated heterocycles. The zero-order valence-corrected chi connectivity index (χ0v) is 29.3. The first-order valence-corrected chi connectivity index (χ1v) is 21.7. The number of nitrogens with one attached hydrogen (secondary N) is 2. The number of carbonyl (C=O) groups is 2. The number of unbranched alkanes of at least 4 members (excludes halogenated alkanes) is 2. The van der Waals surface area contributed by atoms with E-state index in [-0.39, 0.29) is 23.3 Å². The van der Waals surface area contributed by atoms with Crippen molar-refractivity contribution in [3.05, 3.63) is 41.3 Å². The van der Waals surface area contributed by atoms with Crippen molar-refractivity contribution in [2.24, 2.45) is 11.3 Å². The van der Waals surface area contributed by atoms with E-state index in [9.17, 15) is 9.59 Å². The Morgan fingerprint density at radius 1 is 1.09 bits per heavy atom. The summed E-state index contributed by atoms with van der Waals surface area (Å²) >= 11 is 0. The lowest BCUT2D eigenvalue weighted by Gasteiger charge is -2.25. The number of Topliss-reactive ketones (excluding diaryl/α,β-unsaturated/α-hetero) is 1. The van der Waals surface area contributed by atoms with Crippen LogP contribution in [0.4, 0.5) is 0 Å². The molecule has 0 radical (unpaired) electrons. The number of nitrogens with zero attached hydrogens (tertiary/aromatic N) is 2. The van der Waals surface area contributed by atoms with Crippen LogP contribution in [0, 0.1) is 11.3 Å². The van der Waals surface area contributed by atoms with Crippen LogP contribution in [0.2, 0.25) is 25.7 Å². The minimum Gasteiger partial charge on any atom is -0.361 e. The Hall–Kier alpha value is -2.29. The number of fused-ring (bicyclic) bond motifs is 5. The number of imidazole rings is 1. The van der Waals surface area contributed by atoms with Crippen molar-refractivity contribution in [2.45, 2.75) is 147 Å². The van der Waals surface area contributed by atoms with E-state index in [1.165, 1.54) is 61.6 Å². The summed E-state index contributed by atoms with van der Waals surface area (Å²) in [6.45, 7) is 10.3. The summed E-state index contributed by atoms with van der Waals surface area (Å²) in [6.07, 6.45) is 16.6. The molecule has 3 fully saturated rings. The van der Waals surface area contributed by atoms with Gasteiger partial charge in [0, 0.05) is 51.1 Å². The van der Waals surface area contributed by atoms with Crippen LogP contribution in [0.25, 0.3) is 11.3 Å². The van der Waals surface area contributed by atoms with E-state index in [4.69, 9.17) is 9.72 Å². The van der Waals surface area contributed by atoms with Gasteiger partial charge in [-0.2, -0.15) is 0 Å². The molecule has 4 atom stereocenters. The topological polar surface area (TPSA) is 85.3 Å². The van der Waals surface area contributed by atoms with E-state index in [0.29, 0.717) is 37.4 Å². The maximum atomic E-state index is 13.8. The van der Waals surface area contributed by atoms with Crippen molar-refractivity contribution in [3.8, 4) is 11.3 Å². The molecule has 2 aromatic rings. The quantitative estimate of drug-likeness (QED) is 0.143. The Morgan fingerprint density at radius 3 is 2.62 bits per heavy atom. The van der Waals surface area contributed by atoms with E-state index in [1.54, 1.807) is 0 Å². The molecule has 1 aromatic heterocycles. The average Bonchev–Trinajstić information content (AvgIpc) is 3.38. The number of benzene rings is 1. The second kappa shape index (κ2) is 13.8. The van der Waals surface area contributed by atoms with Crippen molar-refractivity contribution in [3.63, 3.8) is 0 Å². The van der Waals surface area contributed by atoms with Crippen LogP contribution in [-0.2, 0) is 21.1 Å². The maximum Gasteiger partial charge on any atom is 0.224 e. The van der Waals surface area contributed by atoms with Gasteiger partial charge in [0.15, 0.2) is 0 Å². The molecule has 1 spiro atoms. The zero-order valence-electron chi connectivity index (χ0n) is 28.3. The standard InChI is InChI=1S/C37H56N4O3Si/c1-5-27(42)12-8-6-9-13-33(40-36(43)30-23-37(30)18-10-7-11-19-37)35-38-24-34(41(35)25-44-20-21-45(2,3)4)26-14-15-28-29(22-26)32-17-16-31(28)39-32/h14-15,22,24,30-33,39H,5-13,16-21,23,25H2,1-4H3,(H,40,43)/t30-,31?,32?,33+/m1/s1. The van der Waals surface area contributed by atoms with Crippen molar-refractivity contribution in [1.29, 1.82) is 0 Å². The Labute approximate surface area is 271 Å². The Balaban J connectivity index is 1.25. The van der Waals surface area contributed by atoms with Crippen LogP contribution in [0.5, 0.6) is 0 Å². The Morgan fingerprint density at radius 2 is 1.87 bits per heavy atom. The van der Waals surface area contributed by atoms with Gasteiger partial charge in [-0.25, -0.2) is 4.98 Å². The van der Waals surface area contributed by atoms with Crippen LogP contribution < -0.4 is 10.6 Å². The van der Waals surface area contributed by atoms with Crippen LogP contribution in [0.1, 0.15) is 132 Å². The fourth-order valence-electron chi connectivity index (χ4n) is 8.24. The largest absolute Gasteiger partial charge is 0.361 e. The van der Waals surface area contributed by atoms with Crippen molar-refractivity contribution >= 4 is 19.8 Å². The number of aromatic nitrogens is 2. The number of rotatable bonds is 16. The normalized spacial score (nSPS) is 23.7. The third kappa shape index (κ3) is 7.49. The third-order valence-corrected chi connectivity index (χ3v) is 12.9. The zero-order chi connectivity index (χ0) is 31.6. The number of hydrogen-bond acceptors (Lipinski definition) is 5. The van der Waals surface area contributed by atoms with Crippen molar-refractivity contribution in [2.75, 3.05) is 6.61 Å². The lowest BCUT2D eigenvalue weighted by molar-refractivity contribution is -0.124. The minimum atomic E-state index is -1.23. The van der Waals surface area contributed by atoms with Gasteiger partial charge in [0.05, 0.1) is 17.9 Å². The van der Waals surface area contributed by atoms with Gasteiger partial charge in [-0.15, -0.1) is 0 Å². The maximum absolute atomic E-state index is 13.8. The van der Waals surface area contributed by atoms with Gasteiger partial charge in [-0.05, 0) is 73.6 Å². The van der Waals surface area contributed by atoms with Gasteiger partial charge in [0.1, 0.15) is 18.3 Å². The molecule has 3 heterocycles. The summed E-state index contributed by atoms with van der Waals surface area (Å²) in [5.74, 6) is 1.57. The molecule has 1 aromatic carbocycles. The van der Waals surface area contributed by atoms with Gasteiger partial charge < -0.3 is 19.9 Å². The summed E-state index contributed by atoms with van der Waals surface area (Å²) in [5, 5.41) is 7.27. The molecule has 2 aliphatic carbocycles. The summed E-state index contributed by atoms with van der Waals surface area (Å²) in [7, 11) is -1.23. The predicted molar refractivity (Wildman–Crippen MR) is 183 cm³/mol. The Kier molecular flexibility index (Phi) is 10.0. The van der Waals surface area contributed by atoms with Gasteiger partial charge in [-0.3, -0.25) is 9.59 Å². The molecule has 2 unspecified atom stereocenters. The van der Waals surface area contributed by atoms with Crippen LogP contribution >= 0.6 is 0 Å². The van der Waals surface area contributed by atoms with E-state index in [0.717, 1.165) is 56.3 Å². The molecule has 6 rings (SSSR count). The second-order valence-corrected chi connectivity index (χ2v) is 21.3. The Bertz CT molecular complexity index is 1360. The molecular formula is C37H56N4O3Si. The molecule has 2 aliphatic heterocycles. The molecule has 2 saturated carbocycles. The molecule has 2 N–H and O–H groups in total. The highest BCUT2D eigenvalue weighted by atomic mass is 28.3. The van der Waals surface area contributed by atoms with Crippen LogP contribution in [-0.4, -0.2) is 35.9 Å². The van der Waals surface area contributed by atoms with Crippen LogP contribution in [0.3, 0.4) is 0 Å². The fraction of sp³-hybridized carbons (Fsp3) is 0.703. The SMILES string of the molecule is CCC(=O)CCCCC[C@H](NC(=O)[C@H]1CC12CCCCC2)c1ncc(-c2ccc3c(c2)C2CCC3N2)n1COCC[Si](C)(C)C. The monoisotopic (exact) mass is 632 g/mol. The molecule has 7 nitrogen and oxygen atoms in total. The smallest absolute Gasteiger partial charge is 0.224 e. The van der Waals surface area contributed by atoms with E-state index >= 15 is 0 Å². The third-order valence-electron chi connectivity index (χ3n) is 11.2.